The third kappa shape index (κ3) is 3.83. The third-order valence-electron chi connectivity index (χ3n) is 2.85. The quantitative estimate of drug-likeness (QED) is 0.877. The highest BCUT2D eigenvalue weighted by molar-refractivity contribution is 6.33. The number of anilines is 3. The number of rotatable bonds is 5. The maximum atomic E-state index is 8.96. The Morgan fingerprint density at radius 2 is 2.19 bits per heavy atom. The predicted octanol–water partition coefficient (Wildman–Crippen LogP) is 3.88. The van der Waals surface area contributed by atoms with Gasteiger partial charge in [0.25, 0.3) is 0 Å². The van der Waals surface area contributed by atoms with Crippen LogP contribution in [0.15, 0.2) is 24.4 Å². The molecule has 2 rings (SSSR count). The highest BCUT2D eigenvalue weighted by Crippen LogP contribution is 2.27. The van der Waals surface area contributed by atoms with Crippen molar-refractivity contribution < 1.29 is 0 Å². The second kappa shape index (κ2) is 6.91. The fourth-order valence-corrected chi connectivity index (χ4v) is 1.87. The van der Waals surface area contributed by atoms with Gasteiger partial charge in [-0.15, -0.1) is 0 Å². The lowest BCUT2D eigenvalue weighted by molar-refractivity contribution is 0.950. The Morgan fingerprint density at radius 3 is 2.90 bits per heavy atom. The third-order valence-corrected chi connectivity index (χ3v) is 3.18. The van der Waals surface area contributed by atoms with Gasteiger partial charge in [-0.05, 0) is 31.5 Å². The molecule has 2 N–H and O–H groups in total. The molecule has 0 radical (unpaired) electrons. The average Bonchev–Trinajstić information content (AvgIpc) is 2.50. The molecule has 0 aliphatic rings. The van der Waals surface area contributed by atoms with Crippen molar-refractivity contribution in [2.45, 2.75) is 20.3 Å². The van der Waals surface area contributed by atoms with E-state index in [1.54, 1.807) is 24.4 Å². The summed E-state index contributed by atoms with van der Waals surface area (Å²) in [6, 6.07) is 7.15. The van der Waals surface area contributed by atoms with Crippen LogP contribution < -0.4 is 10.6 Å². The zero-order valence-electron chi connectivity index (χ0n) is 11.9. The van der Waals surface area contributed by atoms with Crippen LogP contribution in [-0.2, 0) is 0 Å². The van der Waals surface area contributed by atoms with Crippen LogP contribution in [-0.4, -0.2) is 16.5 Å². The van der Waals surface area contributed by atoms with Crippen LogP contribution in [0.2, 0.25) is 5.02 Å². The van der Waals surface area contributed by atoms with Gasteiger partial charge < -0.3 is 10.6 Å². The van der Waals surface area contributed by atoms with Crippen LogP contribution in [0.25, 0.3) is 0 Å². The Morgan fingerprint density at radius 1 is 1.38 bits per heavy atom. The zero-order valence-corrected chi connectivity index (χ0v) is 12.7. The molecule has 21 heavy (non-hydrogen) atoms. The van der Waals surface area contributed by atoms with Crippen molar-refractivity contribution in [2.75, 3.05) is 17.2 Å². The van der Waals surface area contributed by atoms with Crippen molar-refractivity contribution >= 4 is 29.1 Å². The van der Waals surface area contributed by atoms with Crippen LogP contribution in [0.1, 0.15) is 24.5 Å². The maximum Gasteiger partial charge on any atom is 0.224 e. The highest BCUT2D eigenvalue weighted by Gasteiger charge is 2.07. The predicted molar refractivity (Wildman–Crippen MR) is 85.0 cm³/mol. The first-order chi connectivity index (χ1) is 10.1. The molecular weight excluding hydrogens is 286 g/mol. The first-order valence-electron chi connectivity index (χ1n) is 6.68. The summed E-state index contributed by atoms with van der Waals surface area (Å²) in [4.78, 5) is 8.65. The lowest BCUT2D eigenvalue weighted by Gasteiger charge is -2.12. The molecule has 0 fully saturated rings. The van der Waals surface area contributed by atoms with Gasteiger partial charge in [0.15, 0.2) is 0 Å². The molecule has 0 atom stereocenters. The average molecular weight is 302 g/mol. The van der Waals surface area contributed by atoms with Crippen LogP contribution in [0.5, 0.6) is 0 Å². The van der Waals surface area contributed by atoms with Gasteiger partial charge in [0.2, 0.25) is 5.95 Å². The molecule has 1 heterocycles. The van der Waals surface area contributed by atoms with Gasteiger partial charge in [0.1, 0.15) is 5.82 Å². The molecule has 5 nitrogen and oxygen atoms in total. The fraction of sp³-hybridized carbons (Fsp3) is 0.267. The van der Waals surface area contributed by atoms with E-state index in [2.05, 4.69) is 33.6 Å². The maximum absolute atomic E-state index is 8.96. The van der Waals surface area contributed by atoms with E-state index in [-0.39, 0.29) is 0 Å². The zero-order chi connectivity index (χ0) is 15.2. The molecule has 0 unspecified atom stereocenters. The van der Waals surface area contributed by atoms with Gasteiger partial charge in [-0.3, -0.25) is 0 Å². The number of benzene rings is 1. The lowest BCUT2D eigenvalue weighted by atomic mass is 10.2. The first kappa shape index (κ1) is 15.1. The summed E-state index contributed by atoms with van der Waals surface area (Å²) in [6.07, 6.45) is 2.74. The van der Waals surface area contributed by atoms with Gasteiger partial charge in [-0.1, -0.05) is 18.5 Å². The van der Waals surface area contributed by atoms with Gasteiger partial charge in [0, 0.05) is 18.3 Å². The second-order valence-electron chi connectivity index (χ2n) is 4.58. The van der Waals surface area contributed by atoms with Gasteiger partial charge in [-0.25, -0.2) is 4.98 Å². The number of aromatic nitrogens is 2. The molecule has 0 bridgehead atoms. The van der Waals surface area contributed by atoms with E-state index in [1.807, 2.05) is 6.92 Å². The van der Waals surface area contributed by atoms with E-state index in [0.717, 1.165) is 18.5 Å². The van der Waals surface area contributed by atoms with Crippen molar-refractivity contribution in [3.05, 3.63) is 40.5 Å². The van der Waals surface area contributed by atoms with Crippen LogP contribution in [0.3, 0.4) is 0 Å². The van der Waals surface area contributed by atoms with Gasteiger partial charge in [-0.2, -0.15) is 10.2 Å². The Bertz CT molecular complexity index is 678. The summed E-state index contributed by atoms with van der Waals surface area (Å²) in [5, 5.41) is 15.8. The molecule has 0 aliphatic carbocycles. The molecule has 0 saturated carbocycles. The Labute approximate surface area is 129 Å². The second-order valence-corrected chi connectivity index (χ2v) is 4.99. The largest absolute Gasteiger partial charge is 0.354 e. The summed E-state index contributed by atoms with van der Waals surface area (Å²) in [5.41, 5.74) is 2.09. The minimum atomic E-state index is 0.537. The number of nitrogens with zero attached hydrogens (tertiary/aromatic N) is 3. The molecule has 108 valence electrons. The van der Waals surface area contributed by atoms with Crippen LogP contribution in [0.4, 0.5) is 17.5 Å². The minimum Gasteiger partial charge on any atom is -0.354 e. The number of hydrogen-bond donors (Lipinski definition) is 2. The summed E-state index contributed by atoms with van der Waals surface area (Å²) in [7, 11) is 0. The molecule has 0 spiro atoms. The molecule has 1 aromatic carbocycles. The van der Waals surface area contributed by atoms with E-state index >= 15 is 0 Å². The number of hydrogen-bond acceptors (Lipinski definition) is 5. The number of nitrogens with one attached hydrogen (secondary N) is 2. The van der Waals surface area contributed by atoms with Crippen molar-refractivity contribution in [3.63, 3.8) is 0 Å². The molecule has 1 aromatic heterocycles. The normalized spacial score (nSPS) is 10.0. The number of halogens is 1. The Kier molecular flexibility index (Phi) is 4.96. The first-order valence-corrected chi connectivity index (χ1v) is 7.06. The van der Waals surface area contributed by atoms with Crippen molar-refractivity contribution in [2.24, 2.45) is 0 Å². The van der Waals surface area contributed by atoms with Gasteiger partial charge in [0.05, 0.1) is 22.3 Å². The Hall–Kier alpha value is -2.32. The van der Waals surface area contributed by atoms with E-state index in [4.69, 9.17) is 16.9 Å². The van der Waals surface area contributed by atoms with Gasteiger partial charge >= 0.3 is 0 Å². The molecule has 0 amide bonds. The highest BCUT2D eigenvalue weighted by atomic mass is 35.5. The summed E-state index contributed by atoms with van der Waals surface area (Å²) >= 11 is 6.15. The van der Waals surface area contributed by atoms with E-state index < -0.39 is 0 Å². The minimum absolute atomic E-state index is 0.537. The fourth-order valence-electron chi connectivity index (χ4n) is 1.71. The Balaban J connectivity index is 2.28. The van der Waals surface area contributed by atoms with Crippen molar-refractivity contribution in [1.29, 1.82) is 5.26 Å². The molecule has 0 saturated heterocycles. The molecule has 2 aromatic rings. The van der Waals surface area contributed by atoms with Crippen LogP contribution in [0, 0.1) is 18.3 Å². The lowest BCUT2D eigenvalue weighted by Crippen LogP contribution is -2.07. The molecule has 0 aliphatic heterocycles. The molecular formula is C15H16ClN5. The number of nitriles is 1. The van der Waals surface area contributed by atoms with E-state index in [9.17, 15) is 0 Å². The number of aryl methyl sites for hydroxylation is 1. The molecule has 6 heteroatoms. The monoisotopic (exact) mass is 301 g/mol. The summed E-state index contributed by atoms with van der Waals surface area (Å²) in [6.45, 7) is 4.80. The summed E-state index contributed by atoms with van der Waals surface area (Å²) in [5.74, 6) is 1.23. The van der Waals surface area contributed by atoms with E-state index in [0.29, 0.717) is 28.0 Å². The van der Waals surface area contributed by atoms with Crippen molar-refractivity contribution in [3.8, 4) is 6.07 Å². The SMILES string of the molecule is CCCNc1ncc(C)c(Nc2cc(C#N)ccc2Cl)n1. The van der Waals surface area contributed by atoms with Crippen LogP contribution >= 0.6 is 11.6 Å². The topological polar surface area (TPSA) is 73.6 Å². The standard InChI is InChI=1S/C15H16ClN5/c1-3-6-18-15-19-9-10(2)14(21-15)20-13-7-11(8-17)4-5-12(13)16/h4-5,7,9H,3,6H2,1-2H3,(H2,18,19,20,21). The smallest absolute Gasteiger partial charge is 0.224 e. The summed E-state index contributed by atoms with van der Waals surface area (Å²) < 4.78 is 0. The van der Waals surface area contributed by atoms with Crippen molar-refractivity contribution in [1.82, 2.24) is 9.97 Å². The van der Waals surface area contributed by atoms with E-state index in [1.165, 1.54) is 0 Å².